The SMILES string of the molecule is Cl.N[C@H](c1ccccn1)c1cccs1. The zero-order valence-electron chi connectivity index (χ0n) is 7.46. The van der Waals surface area contributed by atoms with Gasteiger partial charge in [0.15, 0.2) is 0 Å². The first-order valence-electron chi connectivity index (χ1n) is 4.08. The summed E-state index contributed by atoms with van der Waals surface area (Å²) in [5.41, 5.74) is 6.93. The number of hydrogen-bond acceptors (Lipinski definition) is 3. The minimum absolute atomic E-state index is 0. The van der Waals surface area contributed by atoms with Gasteiger partial charge in [-0.1, -0.05) is 12.1 Å². The quantitative estimate of drug-likeness (QED) is 0.855. The summed E-state index contributed by atoms with van der Waals surface area (Å²) in [4.78, 5) is 5.37. The first-order valence-corrected chi connectivity index (χ1v) is 4.96. The van der Waals surface area contributed by atoms with Crippen molar-refractivity contribution in [2.45, 2.75) is 6.04 Å². The lowest BCUT2D eigenvalue weighted by atomic mass is 10.2. The van der Waals surface area contributed by atoms with E-state index in [-0.39, 0.29) is 18.4 Å². The van der Waals surface area contributed by atoms with Gasteiger partial charge >= 0.3 is 0 Å². The first kappa shape index (κ1) is 11.2. The Bertz CT molecular complexity index is 361. The third kappa shape index (κ3) is 2.32. The van der Waals surface area contributed by atoms with E-state index in [4.69, 9.17) is 5.73 Å². The van der Waals surface area contributed by atoms with E-state index in [1.54, 1.807) is 17.5 Å². The number of pyridine rings is 1. The van der Waals surface area contributed by atoms with E-state index in [2.05, 4.69) is 4.98 Å². The minimum Gasteiger partial charge on any atom is -0.318 e. The van der Waals surface area contributed by atoms with E-state index >= 15 is 0 Å². The van der Waals surface area contributed by atoms with Gasteiger partial charge in [-0.15, -0.1) is 23.7 Å². The molecule has 0 spiro atoms. The standard InChI is InChI=1S/C10H10N2S.ClH/c11-10(9-5-3-7-13-9)8-4-1-2-6-12-8;/h1-7,10H,11H2;1H/t10-;/m1./s1. The molecule has 74 valence electrons. The number of nitrogens with zero attached hydrogens (tertiary/aromatic N) is 1. The van der Waals surface area contributed by atoms with Crippen LogP contribution in [0.1, 0.15) is 16.6 Å². The summed E-state index contributed by atoms with van der Waals surface area (Å²) in [7, 11) is 0. The van der Waals surface area contributed by atoms with Crippen molar-refractivity contribution >= 4 is 23.7 Å². The molecule has 0 fully saturated rings. The molecule has 0 aromatic carbocycles. The molecule has 0 aliphatic rings. The lowest BCUT2D eigenvalue weighted by Gasteiger charge is -2.07. The lowest BCUT2D eigenvalue weighted by Crippen LogP contribution is -2.11. The summed E-state index contributed by atoms with van der Waals surface area (Å²) in [6.45, 7) is 0. The molecule has 0 aliphatic carbocycles. The molecular weight excluding hydrogens is 216 g/mol. The maximum atomic E-state index is 6.01. The lowest BCUT2D eigenvalue weighted by molar-refractivity contribution is 0.847. The number of aromatic nitrogens is 1. The van der Waals surface area contributed by atoms with Crippen molar-refractivity contribution in [3.8, 4) is 0 Å². The largest absolute Gasteiger partial charge is 0.318 e. The van der Waals surface area contributed by atoms with Gasteiger partial charge < -0.3 is 5.73 Å². The minimum atomic E-state index is -0.0822. The molecule has 0 radical (unpaired) electrons. The monoisotopic (exact) mass is 226 g/mol. The highest BCUT2D eigenvalue weighted by Gasteiger charge is 2.09. The molecule has 1 atom stereocenters. The van der Waals surface area contributed by atoms with Crippen molar-refractivity contribution in [3.05, 3.63) is 52.5 Å². The summed E-state index contributed by atoms with van der Waals surface area (Å²) >= 11 is 1.66. The molecule has 0 unspecified atom stereocenters. The molecule has 2 rings (SSSR count). The normalized spacial score (nSPS) is 11.8. The fraction of sp³-hybridized carbons (Fsp3) is 0.100. The Balaban J connectivity index is 0.000000980. The van der Waals surface area contributed by atoms with Crippen LogP contribution in [0.4, 0.5) is 0 Å². The van der Waals surface area contributed by atoms with Crippen LogP contribution in [0.15, 0.2) is 41.9 Å². The van der Waals surface area contributed by atoms with Gasteiger partial charge in [0.1, 0.15) is 0 Å². The molecule has 2 N–H and O–H groups in total. The van der Waals surface area contributed by atoms with E-state index < -0.39 is 0 Å². The van der Waals surface area contributed by atoms with Gasteiger partial charge in [-0.25, -0.2) is 0 Å². The van der Waals surface area contributed by atoms with Crippen molar-refractivity contribution in [2.75, 3.05) is 0 Å². The second kappa shape index (κ2) is 5.10. The maximum Gasteiger partial charge on any atom is 0.0820 e. The second-order valence-corrected chi connectivity index (χ2v) is 3.73. The van der Waals surface area contributed by atoms with Crippen LogP contribution >= 0.6 is 23.7 Å². The van der Waals surface area contributed by atoms with Crippen LogP contribution < -0.4 is 5.73 Å². The van der Waals surface area contributed by atoms with Crippen LogP contribution in [-0.2, 0) is 0 Å². The van der Waals surface area contributed by atoms with Gasteiger partial charge in [0, 0.05) is 11.1 Å². The van der Waals surface area contributed by atoms with E-state index in [0.717, 1.165) is 10.6 Å². The zero-order valence-corrected chi connectivity index (χ0v) is 9.09. The molecule has 2 nitrogen and oxygen atoms in total. The Morgan fingerprint density at radius 2 is 2.07 bits per heavy atom. The third-order valence-corrected chi connectivity index (χ3v) is 2.81. The molecule has 0 amide bonds. The topological polar surface area (TPSA) is 38.9 Å². The predicted molar refractivity (Wildman–Crippen MR) is 61.8 cm³/mol. The summed E-state index contributed by atoms with van der Waals surface area (Å²) < 4.78 is 0. The Morgan fingerprint density at radius 1 is 1.21 bits per heavy atom. The Morgan fingerprint density at radius 3 is 2.64 bits per heavy atom. The zero-order chi connectivity index (χ0) is 9.10. The third-order valence-electron chi connectivity index (χ3n) is 1.86. The van der Waals surface area contributed by atoms with Gasteiger partial charge in [-0.05, 0) is 23.6 Å². The smallest absolute Gasteiger partial charge is 0.0820 e. The van der Waals surface area contributed by atoms with Crippen LogP contribution in [-0.4, -0.2) is 4.98 Å². The molecular formula is C10H11ClN2S. The molecule has 2 heterocycles. The highest BCUT2D eigenvalue weighted by molar-refractivity contribution is 7.10. The highest BCUT2D eigenvalue weighted by atomic mass is 35.5. The van der Waals surface area contributed by atoms with Crippen molar-refractivity contribution in [2.24, 2.45) is 5.73 Å². The van der Waals surface area contributed by atoms with Crippen molar-refractivity contribution in [1.82, 2.24) is 4.98 Å². The van der Waals surface area contributed by atoms with Crippen LogP contribution in [0.5, 0.6) is 0 Å². The fourth-order valence-electron chi connectivity index (χ4n) is 1.17. The van der Waals surface area contributed by atoms with Crippen molar-refractivity contribution in [1.29, 1.82) is 0 Å². The average molecular weight is 227 g/mol. The number of thiophene rings is 1. The molecule has 2 aromatic heterocycles. The molecule has 0 saturated carbocycles. The summed E-state index contributed by atoms with van der Waals surface area (Å²) in [6.07, 6.45) is 1.77. The van der Waals surface area contributed by atoms with Crippen molar-refractivity contribution in [3.63, 3.8) is 0 Å². The number of hydrogen-bond donors (Lipinski definition) is 1. The summed E-state index contributed by atoms with van der Waals surface area (Å²) in [6, 6.07) is 9.75. The van der Waals surface area contributed by atoms with Crippen LogP contribution in [0.25, 0.3) is 0 Å². The van der Waals surface area contributed by atoms with Crippen LogP contribution in [0.3, 0.4) is 0 Å². The predicted octanol–water partition coefficient (Wildman–Crippen LogP) is 2.61. The Hall–Kier alpha value is -0.900. The number of nitrogens with two attached hydrogens (primary N) is 1. The van der Waals surface area contributed by atoms with E-state index in [1.807, 2.05) is 35.7 Å². The Kier molecular flexibility index (Phi) is 4.07. The van der Waals surface area contributed by atoms with Gasteiger partial charge in [0.25, 0.3) is 0 Å². The Labute approximate surface area is 93.2 Å². The molecule has 0 aliphatic heterocycles. The molecule has 0 saturated heterocycles. The summed E-state index contributed by atoms with van der Waals surface area (Å²) in [5, 5.41) is 2.03. The fourth-order valence-corrected chi connectivity index (χ4v) is 1.91. The van der Waals surface area contributed by atoms with E-state index in [9.17, 15) is 0 Å². The van der Waals surface area contributed by atoms with Gasteiger partial charge in [0.05, 0.1) is 11.7 Å². The molecule has 14 heavy (non-hydrogen) atoms. The van der Waals surface area contributed by atoms with Gasteiger partial charge in [0.2, 0.25) is 0 Å². The molecule has 2 aromatic rings. The highest BCUT2D eigenvalue weighted by Crippen LogP contribution is 2.21. The van der Waals surface area contributed by atoms with Crippen molar-refractivity contribution < 1.29 is 0 Å². The summed E-state index contributed by atoms with van der Waals surface area (Å²) in [5.74, 6) is 0. The van der Waals surface area contributed by atoms with Crippen LogP contribution in [0.2, 0.25) is 0 Å². The number of halogens is 1. The second-order valence-electron chi connectivity index (χ2n) is 2.75. The maximum absolute atomic E-state index is 6.01. The first-order chi connectivity index (χ1) is 6.38. The average Bonchev–Trinajstić information content (AvgIpc) is 2.71. The molecule has 0 bridgehead atoms. The number of rotatable bonds is 2. The van der Waals surface area contributed by atoms with E-state index in [0.29, 0.717) is 0 Å². The van der Waals surface area contributed by atoms with Gasteiger partial charge in [-0.2, -0.15) is 0 Å². The van der Waals surface area contributed by atoms with E-state index in [1.165, 1.54) is 0 Å². The molecule has 4 heteroatoms. The van der Waals surface area contributed by atoms with Gasteiger partial charge in [-0.3, -0.25) is 4.98 Å². The van der Waals surface area contributed by atoms with Crippen LogP contribution in [0, 0.1) is 0 Å².